The Morgan fingerprint density at radius 2 is 1.82 bits per heavy atom. The van der Waals surface area contributed by atoms with Crippen LogP contribution < -0.4 is 10.1 Å². The number of carbonyl (C=O) groups excluding carboxylic acids is 3. The third-order valence-electron chi connectivity index (χ3n) is 4.73. The Hall–Kier alpha value is -4.21. The zero-order valence-corrected chi connectivity index (χ0v) is 18.3. The first-order valence-corrected chi connectivity index (χ1v) is 10.2. The number of aromatic hydroxyl groups is 1. The Bertz CT molecular complexity index is 1180. The Kier molecular flexibility index (Phi) is 7.74. The lowest BCUT2D eigenvalue weighted by Gasteiger charge is -2.06. The number of nitrogens with zero attached hydrogens (tertiary/aromatic N) is 3. The van der Waals surface area contributed by atoms with Crippen molar-refractivity contribution >= 4 is 34.4 Å². The van der Waals surface area contributed by atoms with Gasteiger partial charge in [-0.3, -0.25) is 19.0 Å². The summed E-state index contributed by atoms with van der Waals surface area (Å²) in [4.78, 5) is 36.1. The Morgan fingerprint density at radius 1 is 1.09 bits per heavy atom. The third kappa shape index (κ3) is 5.94. The minimum atomic E-state index is -0.695. The van der Waals surface area contributed by atoms with Crippen molar-refractivity contribution in [1.82, 2.24) is 9.88 Å². The first-order chi connectivity index (χ1) is 15.9. The van der Waals surface area contributed by atoms with Gasteiger partial charge in [-0.25, -0.2) is 0 Å². The number of amides is 2. The van der Waals surface area contributed by atoms with Crippen molar-refractivity contribution in [2.45, 2.75) is 19.9 Å². The van der Waals surface area contributed by atoms with Crippen molar-refractivity contribution in [1.29, 1.82) is 0 Å². The quantitative estimate of drug-likeness (QED) is 0.379. The van der Waals surface area contributed by atoms with Crippen molar-refractivity contribution < 1.29 is 29.0 Å². The summed E-state index contributed by atoms with van der Waals surface area (Å²) in [5.41, 5.74) is 1.35. The van der Waals surface area contributed by atoms with Crippen LogP contribution in [0.2, 0.25) is 0 Å². The smallest absolute Gasteiger partial charge is 0.326 e. The minimum Gasteiger partial charge on any atom is -0.497 e. The van der Waals surface area contributed by atoms with Crippen LogP contribution in [0.5, 0.6) is 11.6 Å². The van der Waals surface area contributed by atoms with E-state index >= 15 is 0 Å². The number of fused-ring (bicyclic) bond motifs is 1. The Morgan fingerprint density at radius 3 is 2.52 bits per heavy atom. The lowest BCUT2D eigenvalue weighted by Crippen LogP contribution is -2.29. The van der Waals surface area contributed by atoms with Gasteiger partial charge in [-0.1, -0.05) is 30.3 Å². The molecule has 0 unspecified atom stereocenters. The summed E-state index contributed by atoms with van der Waals surface area (Å²) in [5.74, 6) is -1.20. The molecule has 172 valence electrons. The highest BCUT2D eigenvalue weighted by Crippen LogP contribution is 2.38. The van der Waals surface area contributed by atoms with Gasteiger partial charge < -0.3 is 19.9 Å². The van der Waals surface area contributed by atoms with Gasteiger partial charge in [0.05, 0.1) is 25.7 Å². The summed E-state index contributed by atoms with van der Waals surface area (Å²) >= 11 is 0. The van der Waals surface area contributed by atoms with Crippen LogP contribution >= 0.6 is 0 Å². The number of esters is 1. The zero-order chi connectivity index (χ0) is 23.8. The van der Waals surface area contributed by atoms with Gasteiger partial charge in [-0.2, -0.15) is 0 Å². The highest BCUT2D eigenvalue weighted by Gasteiger charge is 2.19. The zero-order valence-electron chi connectivity index (χ0n) is 18.3. The van der Waals surface area contributed by atoms with E-state index in [1.165, 1.54) is 4.57 Å². The number of methoxy groups -OCH3 is 1. The lowest BCUT2D eigenvalue weighted by molar-refractivity contribution is -0.143. The number of ether oxygens (including phenoxy) is 2. The molecule has 0 aliphatic heterocycles. The average Bonchev–Trinajstić information content (AvgIpc) is 3.07. The number of aromatic nitrogens is 1. The Balaban J connectivity index is 1.65. The first-order valence-electron chi connectivity index (χ1n) is 10.2. The summed E-state index contributed by atoms with van der Waals surface area (Å²) in [6, 6.07) is 13.9. The molecule has 0 bridgehead atoms. The molecule has 2 N–H and O–H groups in total. The van der Waals surface area contributed by atoms with E-state index in [1.807, 2.05) is 0 Å². The molecule has 0 radical (unpaired) electrons. The molecule has 33 heavy (non-hydrogen) atoms. The fourth-order valence-corrected chi connectivity index (χ4v) is 3.17. The fraction of sp³-hybridized carbons (Fsp3) is 0.261. The molecule has 0 saturated carbocycles. The molecule has 0 fully saturated rings. The summed E-state index contributed by atoms with van der Waals surface area (Å²) in [5, 5.41) is 21.1. The highest BCUT2D eigenvalue weighted by atomic mass is 16.5. The van der Waals surface area contributed by atoms with E-state index in [-0.39, 0.29) is 43.6 Å². The van der Waals surface area contributed by atoms with Crippen molar-refractivity contribution in [3.05, 3.63) is 54.1 Å². The normalized spacial score (nSPS) is 11.0. The van der Waals surface area contributed by atoms with Crippen molar-refractivity contribution in [3.63, 3.8) is 0 Å². The van der Waals surface area contributed by atoms with Crippen LogP contribution in [-0.4, -0.2) is 47.7 Å². The lowest BCUT2D eigenvalue weighted by atomic mass is 10.1. The maximum absolute atomic E-state index is 12.1. The topological polar surface area (TPSA) is 132 Å². The molecule has 1 aromatic heterocycles. The molecule has 0 atom stereocenters. The van der Waals surface area contributed by atoms with Crippen molar-refractivity contribution in [3.8, 4) is 11.6 Å². The number of para-hydroxylation sites is 1. The van der Waals surface area contributed by atoms with E-state index < -0.39 is 11.9 Å². The second-order valence-electron chi connectivity index (χ2n) is 6.98. The van der Waals surface area contributed by atoms with Gasteiger partial charge in [0.2, 0.25) is 11.8 Å². The maximum Gasteiger partial charge on any atom is 0.326 e. The monoisotopic (exact) mass is 452 g/mol. The van der Waals surface area contributed by atoms with Gasteiger partial charge in [0.1, 0.15) is 18.8 Å². The van der Waals surface area contributed by atoms with E-state index in [4.69, 9.17) is 9.47 Å². The van der Waals surface area contributed by atoms with Gasteiger partial charge in [0.25, 0.3) is 5.91 Å². The highest BCUT2D eigenvalue weighted by molar-refractivity contribution is 5.96. The number of azo groups is 1. The van der Waals surface area contributed by atoms with E-state index in [9.17, 15) is 19.5 Å². The molecule has 2 amide bonds. The van der Waals surface area contributed by atoms with Crippen LogP contribution in [0.3, 0.4) is 0 Å². The summed E-state index contributed by atoms with van der Waals surface area (Å²) in [6.07, 6.45) is 0.0938. The van der Waals surface area contributed by atoms with Gasteiger partial charge in [-0.05, 0) is 30.7 Å². The average molecular weight is 452 g/mol. The molecule has 0 aliphatic rings. The molecular weight excluding hydrogens is 428 g/mol. The van der Waals surface area contributed by atoms with Crippen molar-refractivity contribution in [2.75, 3.05) is 20.3 Å². The summed E-state index contributed by atoms with van der Waals surface area (Å²) in [7, 11) is 1.56. The predicted octanol–water partition coefficient (Wildman–Crippen LogP) is 2.89. The van der Waals surface area contributed by atoms with Gasteiger partial charge >= 0.3 is 5.97 Å². The van der Waals surface area contributed by atoms with Crippen LogP contribution in [0.1, 0.15) is 12.5 Å². The number of nitrogens with one attached hydrogen (secondary N) is 1. The molecule has 0 saturated heterocycles. The predicted molar refractivity (Wildman–Crippen MR) is 119 cm³/mol. The van der Waals surface area contributed by atoms with Crippen LogP contribution in [-0.2, 0) is 32.1 Å². The van der Waals surface area contributed by atoms with E-state index in [0.29, 0.717) is 16.7 Å². The van der Waals surface area contributed by atoms with Crippen LogP contribution in [0.25, 0.3) is 10.9 Å². The molecule has 10 heteroatoms. The standard InChI is InChI=1S/C23H24N4O6/c1-3-33-21(30)14-27-18-7-5-4-6-17(18)22(23(27)31)26-25-20(29)13-24-19(28)12-15-8-10-16(32-2)11-9-15/h4-11,31H,3,12-14H2,1-2H3,(H,24,28). The third-order valence-corrected chi connectivity index (χ3v) is 4.73. The minimum absolute atomic E-state index is 0.0489. The van der Waals surface area contributed by atoms with E-state index in [0.717, 1.165) is 5.56 Å². The maximum atomic E-state index is 12.1. The van der Waals surface area contributed by atoms with Crippen molar-refractivity contribution in [2.24, 2.45) is 10.2 Å². The fourth-order valence-electron chi connectivity index (χ4n) is 3.17. The number of benzene rings is 2. The first kappa shape index (κ1) is 23.5. The van der Waals surface area contributed by atoms with Gasteiger partial charge in [0.15, 0.2) is 5.69 Å². The summed E-state index contributed by atoms with van der Waals surface area (Å²) < 4.78 is 11.3. The van der Waals surface area contributed by atoms with Crippen LogP contribution in [0.4, 0.5) is 5.69 Å². The van der Waals surface area contributed by atoms with Crippen LogP contribution in [0.15, 0.2) is 58.8 Å². The summed E-state index contributed by atoms with van der Waals surface area (Å²) in [6.45, 7) is 1.34. The number of rotatable bonds is 9. The largest absolute Gasteiger partial charge is 0.497 e. The van der Waals surface area contributed by atoms with E-state index in [2.05, 4.69) is 15.5 Å². The molecule has 3 aromatic rings. The van der Waals surface area contributed by atoms with Gasteiger partial charge in [0, 0.05) is 5.39 Å². The second-order valence-corrected chi connectivity index (χ2v) is 6.98. The van der Waals surface area contributed by atoms with Gasteiger partial charge in [-0.15, -0.1) is 10.2 Å². The number of hydrogen-bond donors (Lipinski definition) is 2. The molecular formula is C23H24N4O6. The molecule has 0 spiro atoms. The molecule has 10 nitrogen and oxygen atoms in total. The molecule has 0 aliphatic carbocycles. The Labute approximate surface area is 189 Å². The molecule has 1 heterocycles. The number of hydrogen-bond acceptors (Lipinski definition) is 7. The molecule has 3 rings (SSSR count). The van der Waals surface area contributed by atoms with E-state index in [1.54, 1.807) is 62.6 Å². The van der Waals surface area contributed by atoms with Crippen LogP contribution in [0, 0.1) is 0 Å². The SMILES string of the molecule is CCOC(=O)Cn1c(O)c(N=NC(=O)CNC(=O)Cc2ccc(OC)cc2)c2ccccc21. The number of carbonyl (C=O) groups is 3. The second kappa shape index (κ2) is 10.9. The molecule has 2 aromatic carbocycles.